The first-order chi connectivity index (χ1) is 23.3. The first-order valence-electron chi connectivity index (χ1n) is 15.7. The number of benzene rings is 7. The Hall–Kier alpha value is -6.39. The van der Waals surface area contributed by atoms with Gasteiger partial charge in [0, 0.05) is 34.0 Å². The number of nitrogens with one attached hydrogen (secondary N) is 1. The normalized spacial score (nSPS) is 10.9. The van der Waals surface area contributed by atoms with Crippen molar-refractivity contribution >= 4 is 46.0 Å². The summed E-state index contributed by atoms with van der Waals surface area (Å²) in [6, 6.07) is 66.9. The highest BCUT2D eigenvalue weighted by atomic mass is 15.5. The first kappa shape index (κ1) is 29.3. The molecule has 0 radical (unpaired) electrons. The van der Waals surface area contributed by atoms with Crippen molar-refractivity contribution in [2.45, 2.75) is 0 Å². The molecule has 7 rings (SSSR count). The minimum atomic E-state index is 1.01. The predicted molar refractivity (Wildman–Crippen MR) is 199 cm³/mol. The van der Waals surface area contributed by atoms with E-state index < -0.39 is 0 Å². The molecule has 0 amide bonds. The lowest BCUT2D eigenvalue weighted by atomic mass is 10.0. The fraction of sp³-hybridized carbons (Fsp3) is 0. The second kappa shape index (κ2) is 14.1. The maximum Gasteiger partial charge on any atom is 0.0652 e. The van der Waals surface area contributed by atoms with Gasteiger partial charge in [-0.15, -0.1) is 0 Å². The number of para-hydroxylation sites is 5. The van der Waals surface area contributed by atoms with Gasteiger partial charge in [-0.3, -0.25) is 0 Å². The van der Waals surface area contributed by atoms with Crippen LogP contribution in [0.15, 0.2) is 199 Å². The van der Waals surface area contributed by atoms with Crippen LogP contribution in [0.25, 0.3) is 11.1 Å². The molecule has 0 saturated carbocycles. The molecule has 0 aliphatic heterocycles. The molecule has 226 valence electrons. The molecule has 0 heterocycles. The monoisotopic (exact) mass is 606 g/mol. The zero-order valence-corrected chi connectivity index (χ0v) is 25.9. The van der Waals surface area contributed by atoms with Gasteiger partial charge in [-0.05, 0) is 90.0 Å². The Labute approximate surface area is 276 Å². The van der Waals surface area contributed by atoms with Crippen LogP contribution in [0.4, 0.5) is 39.8 Å². The fourth-order valence-electron chi connectivity index (χ4n) is 5.59. The zero-order valence-electron chi connectivity index (χ0n) is 25.9. The van der Waals surface area contributed by atoms with Gasteiger partial charge in [-0.1, -0.05) is 115 Å². The third-order valence-corrected chi connectivity index (χ3v) is 7.91. The fourth-order valence-corrected chi connectivity index (χ4v) is 5.59. The van der Waals surface area contributed by atoms with Crippen molar-refractivity contribution in [3.05, 3.63) is 200 Å². The molecule has 0 spiro atoms. The smallest absolute Gasteiger partial charge is 0.0652 e. The average molecular weight is 607 g/mol. The average Bonchev–Trinajstić information content (AvgIpc) is 3.15. The van der Waals surface area contributed by atoms with Crippen LogP contribution in [-0.4, -0.2) is 6.21 Å². The van der Waals surface area contributed by atoms with Gasteiger partial charge in [0.1, 0.15) is 0 Å². The molecule has 4 heteroatoms. The standard InChI is InChI=1S/C43H34N4/c1-5-15-37(16-6-1)46(38-17-7-2-8-18-38)39-31-27-35(28-32-39)42-23-13-14-24-43(42)45-36-29-25-34(26-30-36)33-44-47(40-19-9-3-10-20-40)41-21-11-4-12-22-41/h1-33,45H. The number of rotatable bonds is 10. The number of anilines is 7. The van der Waals surface area contributed by atoms with Crippen molar-refractivity contribution in [1.29, 1.82) is 0 Å². The van der Waals surface area contributed by atoms with E-state index in [2.05, 4.69) is 156 Å². The molecule has 0 aliphatic rings. The quantitative estimate of drug-likeness (QED) is 0.124. The molecule has 1 N–H and O–H groups in total. The molecule has 4 nitrogen and oxygen atoms in total. The molecular formula is C43H34N4. The van der Waals surface area contributed by atoms with E-state index in [1.54, 1.807) is 0 Å². The van der Waals surface area contributed by atoms with Crippen molar-refractivity contribution in [2.75, 3.05) is 15.2 Å². The predicted octanol–water partition coefficient (Wildman–Crippen LogP) is 11.7. The summed E-state index contributed by atoms with van der Waals surface area (Å²) in [5, 5.41) is 10.4. The summed E-state index contributed by atoms with van der Waals surface area (Å²) in [7, 11) is 0. The van der Waals surface area contributed by atoms with Gasteiger partial charge in [-0.25, -0.2) is 5.01 Å². The highest BCUT2D eigenvalue weighted by Gasteiger charge is 2.13. The van der Waals surface area contributed by atoms with Gasteiger partial charge in [0.15, 0.2) is 0 Å². The molecule has 47 heavy (non-hydrogen) atoms. The summed E-state index contributed by atoms with van der Waals surface area (Å²) in [5.74, 6) is 0. The Morgan fingerprint density at radius 1 is 0.404 bits per heavy atom. The third-order valence-electron chi connectivity index (χ3n) is 7.91. The van der Waals surface area contributed by atoms with Crippen LogP contribution in [-0.2, 0) is 0 Å². The molecule has 7 aromatic rings. The van der Waals surface area contributed by atoms with Crippen LogP contribution < -0.4 is 15.2 Å². The summed E-state index contributed by atoms with van der Waals surface area (Å²) in [4.78, 5) is 2.28. The Morgan fingerprint density at radius 2 is 0.851 bits per heavy atom. The molecule has 0 atom stereocenters. The summed E-state index contributed by atoms with van der Waals surface area (Å²) < 4.78 is 0. The minimum Gasteiger partial charge on any atom is -0.355 e. The van der Waals surface area contributed by atoms with E-state index in [-0.39, 0.29) is 0 Å². The summed E-state index contributed by atoms with van der Waals surface area (Å²) >= 11 is 0. The number of hydrogen-bond acceptors (Lipinski definition) is 4. The molecule has 0 saturated heterocycles. The van der Waals surface area contributed by atoms with Crippen LogP contribution in [0.1, 0.15) is 5.56 Å². The second-order valence-electron chi connectivity index (χ2n) is 11.1. The topological polar surface area (TPSA) is 30.9 Å². The van der Waals surface area contributed by atoms with Crippen molar-refractivity contribution in [1.82, 2.24) is 0 Å². The molecule has 0 unspecified atom stereocenters. The number of nitrogens with zero attached hydrogens (tertiary/aromatic N) is 3. The van der Waals surface area contributed by atoms with E-state index in [4.69, 9.17) is 5.10 Å². The van der Waals surface area contributed by atoms with E-state index in [1.807, 2.05) is 59.8 Å². The lowest BCUT2D eigenvalue weighted by molar-refractivity contribution is 1.09. The highest BCUT2D eigenvalue weighted by molar-refractivity contribution is 5.85. The van der Waals surface area contributed by atoms with E-state index in [1.165, 1.54) is 0 Å². The lowest BCUT2D eigenvalue weighted by Crippen LogP contribution is -2.09. The molecule has 0 fully saturated rings. The second-order valence-corrected chi connectivity index (χ2v) is 11.1. The van der Waals surface area contributed by atoms with Crippen LogP contribution >= 0.6 is 0 Å². The van der Waals surface area contributed by atoms with Gasteiger partial charge >= 0.3 is 0 Å². The van der Waals surface area contributed by atoms with Crippen LogP contribution in [0.3, 0.4) is 0 Å². The van der Waals surface area contributed by atoms with Gasteiger partial charge in [0.2, 0.25) is 0 Å². The molecule has 0 bridgehead atoms. The van der Waals surface area contributed by atoms with Crippen molar-refractivity contribution < 1.29 is 0 Å². The van der Waals surface area contributed by atoms with Gasteiger partial charge in [-0.2, -0.15) is 5.10 Å². The maximum absolute atomic E-state index is 4.84. The maximum atomic E-state index is 4.84. The van der Waals surface area contributed by atoms with Gasteiger partial charge in [0.25, 0.3) is 0 Å². The van der Waals surface area contributed by atoms with E-state index in [9.17, 15) is 0 Å². The Balaban J connectivity index is 1.10. The Bertz CT molecular complexity index is 1950. The van der Waals surface area contributed by atoms with Crippen molar-refractivity contribution in [3.63, 3.8) is 0 Å². The molecule has 0 aromatic heterocycles. The molecular weight excluding hydrogens is 573 g/mol. The molecule has 7 aromatic carbocycles. The van der Waals surface area contributed by atoms with Crippen LogP contribution in [0.2, 0.25) is 0 Å². The summed E-state index contributed by atoms with van der Waals surface area (Å²) in [5.41, 5.74) is 10.7. The third kappa shape index (κ3) is 6.98. The zero-order chi connectivity index (χ0) is 31.7. The van der Waals surface area contributed by atoms with E-state index in [0.717, 1.165) is 56.5 Å². The summed E-state index contributed by atoms with van der Waals surface area (Å²) in [6.45, 7) is 0. The first-order valence-corrected chi connectivity index (χ1v) is 15.7. The number of hydrazone groups is 1. The Morgan fingerprint density at radius 3 is 1.38 bits per heavy atom. The largest absolute Gasteiger partial charge is 0.355 e. The lowest BCUT2D eigenvalue weighted by Gasteiger charge is -2.25. The van der Waals surface area contributed by atoms with Gasteiger partial charge < -0.3 is 10.2 Å². The Kier molecular flexibility index (Phi) is 8.83. The summed E-state index contributed by atoms with van der Waals surface area (Å²) in [6.07, 6.45) is 1.90. The highest BCUT2D eigenvalue weighted by Crippen LogP contribution is 2.37. The van der Waals surface area contributed by atoms with Crippen molar-refractivity contribution in [2.24, 2.45) is 5.10 Å². The SMILES string of the molecule is C(=NN(c1ccccc1)c1ccccc1)c1ccc(Nc2ccccc2-c2ccc(N(c3ccccc3)c3ccccc3)cc2)cc1. The van der Waals surface area contributed by atoms with Crippen LogP contribution in [0, 0.1) is 0 Å². The molecule has 0 aliphatic carbocycles. The van der Waals surface area contributed by atoms with Gasteiger partial charge in [0.05, 0.1) is 17.6 Å². The van der Waals surface area contributed by atoms with E-state index >= 15 is 0 Å². The van der Waals surface area contributed by atoms with E-state index in [0.29, 0.717) is 0 Å². The minimum absolute atomic E-state index is 1.01. The van der Waals surface area contributed by atoms with Crippen LogP contribution in [0.5, 0.6) is 0 Å². The van der Waals surface area contributed by atoms with Crippen molar-refractivity contribution in [3.8, 4) is 11.1 Å². The number of hydrogen-bond donors (Lipinski definition) is 1.